The summed E-state index contributed by atoms with van der Waals surface area (Å²) in [6.45, 7) is -4.90. The van der Waals surface area contributed by atoms with Crippen LogP contribution in [0.4, 0.5) is 4.39 Å². The SMILES string of the molecule is [2H]C([2H])([2H])c1ccc2c(n1)sc1c(-c3cc(C([2H])([2H])[2H])c(F)cn3)cccc12. The summed E-state index contributed by atoms with van der Waals surface area (Å²) >= 11 is 1.30. The summed E-state index contributed by atoms with van der Waals surface area (Å²) in [5.41, 5.74) is 0.596. The lowest BCUT2D eigenvalue weighted by atomic mass is 10.1. The minimum absolute atomic E-state index is 0.0118. The van der Waals surface area contributed by atoms with Crippen LogP contribution in [0.5, 0.6) is 0 Å². The molecule has 0 saturated heterocycles. The lowest BCUT2D eigenvalue weighted by molar-refractivity contribution is 0.612. The van der Waals surface area contributed by atoms with Gasteiger partial charge in [0.2, 0.25) is 0 Å². The zero-order valence-electron chi connectivity index (χ0n) is 17.2. The standard InChI is InChI=1S/C18H13FN2S/c1-10-8-16(20-9-15(10)19)14-5-3-4-12-13-7-6-11(2)21-18(13)22-17(12)14/h3-9H,1-2H3/i1D3,2D3. The molecule has 4 heteroatoms. The Morgan fingerprint density at radius 3 is 2.95 bits per heavy atom. The second-order valence-electron chi connectivity index (χ2n) is 4.88. The van der Waals surface area contributed by atoms with Gasteiger partial charge >= 0.3 is 0 Å². The third kappa shape index (κ3) is 1.99. The molecular formula is C18H13FN2S. The molecule has 0 atom stereocenters. The van der Waals surface area contributed by atoms with Crippen molar-refractivity contribution in [1.82, 2.24) is 9.97 Å². The number of rotatable bonds is 1. The summed E-state index contributed by atoms with van der Waals surface area (Å²) in [7, 11) is 0. The fraction of sp³-hybridized carbons (Fsp3) is 0.111. The van der Waals surface area contributed by atoms with Gasteiger partial charge in [-0.2, -0.15) is 0 Å². The molecule has 0 amide bonds. The van der Waals surface area contributed by atoms with Crippen LogP contribution in [0.2, 0.25) is 0 Å². The van der Waals surface area contributed by atoms with E-state index in [2.05, 4.69) is 9.97 Å². The van der Waals surface area contributed by atoms with Gasteiger partial charge < -0.3 is 0 Å². The molecule has 0 N–H and O–H groups in total. The molecule has 0 bridgehead atoms. The molecule has 0 radical (unpaired) electrons. The molecule has 0 unspecified atom stereocenters. The molecule has 3 aromatic heterocycles. The maximum Gasteiger partial charge on any atom is 0.144 e. The first kappa shape index (κ1) is 8.34. The fourth-order valence-electron chi connectivity index (χ4n) is 2.47. The van der Waals surface area contributed by atoms with Crippen LogP contribution in [0.3, 0.4) is 0 Å². The molecule has 0 aliphatic heterocycles. The van der Waals surface area contributed by atoms with E-state index in [4.69, 9.17) is 8.22 Å². The van der Waals surface area contributed by atoms with E-state index in [-0.39, 0.29) is 5.69 Å². The average molecular weight is 314 g/mol. The van der Waals surface area contributed by atoms with E-state index in [1.807, 2.05) is 6.07 Å². The van der Waals surface area contributed by atoms with Crippen molar-refractivity contribution < 1.29 is 12.6 Å². The highest BCUT2D eigenvalue weighted by atomic mass is 32.1. The Morgan fingerprint density at radius 1 is 1.14 bits per heavy atom. The monoisotopic (exact) mass is 314 g/mol. The molecule has 108 valence electrons. The molecule has 0 saturated carbocycles. The van der Waals surface area contributed by atoms with Crippen molar-refractivity contribution in [3.05, 3.63) is 59.7 Å². The van der Waals surface area contributed by atoms with Gasteiger partial charge in [-0.15, -0.1) is 11.3 Å². The second kappa shape index (κ2) is 4.85. The van der Waals surface area contributed by atoms with Gasteiger partial charge in [0.05, 0.1) is 11.9 Å². The molecule has 0 aliphatic carbocycles. The van der Waals surface area contributed by atoms with Gasteiger partial charge in [-0.1, -0.05) is 18.2 Å². The Kier molecular flexibility index (Phi) is 1.84. The summed E-state index contributed by atoms with van der Waals surface area (Å²) in [5, 5.41) is 1.65. The molecule has 4 rings (SSSR count). The summed E-state index contributed by atoms with van der Waals surface area (Å²) < 4.78 is 59.9. The van der Waals surface area contributed by atoms with E-state index in [1.165, 1.54) is 23.5 Å². The molecule has 0 aliphatic rings. The molecule has 0 fully saturated rings. The Labute approximate surface area is 139 Å². The van der Waals surface area contributed by atoms with E-state index >= 15 is 0 Å². The Balaban J connectivity index is 1.96. The largest absolute Gasteiger partial charge is 0.253 e. The van der Waals surface area contributed by atoms with Crippen LogP contribution < -0.4 is 0 Å². The van der Waals surface area contributed by atoms with Crippen molar-refractivity contribution in [2.75, 3.05) is 0 Å². The van der Waals surface area contributed by atoms with Crippen LogP contribution in [0.25, 0.3) is 31.6 Å². The molecule has 3 heterocycles. The van der Waals surface area contributed by atoms with Gasteiger partial charge in [0.1, 0.15) is 10.6 Å². The Bertz CT molecular complexity index is 1210. The molecular weight excluding hydrogens is 295 g/mol. The number of fused-ring (bicyclic) bond motifs is 3. The van der Waals surface area contributed by atoms with E-state index in [1.54, 1.807) is 18.2 Å². The lowest BCUT2D eigenvalue weighted by Crippen LogP contribution is -1.89. The quantitative estimate of drug-likeness (QED) is 0.478. The lowest BCUT2D eigenvalue weighted by Gasteiger charge is -2.04. The molecule has 0 spiro atoms. The molecule has 22 heavy (non-hydrogen) atoms. The number of hydrogen-bond acceptors (Lipinski definition) is 3. The molecule has 4 aromatic rings. The predicted octanol–water partition coefficient (Wildman–Crippen LogP) is 5.27. The first-order chi connectivity index (χ1) is 13.1. The van der Waals surface area contributed by atoms with Crippen molar-refractivity contribution in [1.29, 1.82) is 0 Å². The zero-order chi connectivity index (χ0) is 20.3. The number of benzene rings is 1. The van der Waals surface area contributed by atoms with Gasteiger partial charge in [-0.05, 0) is 37.5 Å². The minimum atomic E-state index is -2.59. The molecule has 2 nitrogen and oxygen atoms in total. The number of halogens is 1. The van der Waals surface area contributed by atoms with Crippen LogP contribution in [-0.4, -0.2) is 9.97 Å². The first-order valence-corrected chi connectivity index (χ1v) is 7.36. The first-order valence-electron chi connectivity index (χ1n) is 9.55. The zero-order valence-corrected chi connectivity index (χ0v) is 12.0. The summed E-state index contributed by atoms with van der Waals surface area (Å²) in [6, 6.07) is 9.88. The van der Waals surface area contributed by atoms with E-state index in [0.29, 0.717) is 16.1 Å². The van der Waals surface area contributed by atoms with Crippen LogP contribution in [0, 0.1) is 19.5 Å². The van der Waals surface area contributed by atoms with Crippen molar-refractivity contribution in [2.24, 2.45) is 0 Å². The number of hydrogen-bond donors (Lipinski definition) is 0. The number of aromatic nitrogens is 2. The number of nitrogens with zero attached hydrogens (tertiary/aromatic N) is 2. The van der Waals surface area contributed by atoms with Gasteiger partial charge in [0, 0.05) is 35.0 Å². The van der Waals surface area contributed by atoms with Gasteiger partial charge in [0.15, 0.2) is 0 Å². The van der Waals surface area contributed by atoms with Crippen molar-refractivity contribution in [3.8, 4) is 11.3 Å². The van der Waals surface area contributed by atoms with Crippen LogP contribution in [-0.2, 0) is 0 Å². The maximum absolute atomic E-state index is 13.9. The van der Waals surface area contributed by atoms with Crippen LogP contribution in [0.1, 0.15) is 19.5 Å². The predicted molar refractivity (Wildman–Crippen MR) is 89.8 cm³/mol. The van der Waals surface area contributed by atoms with Crippen molar-refractivity contribution >= 4 is 31.6 Å². The normalized spacial score (nSPS) is 16.6. The maximum atomic E-state index is 13.9. The summed E-state index contributed by atoms with van der Waals surface area (Å²) in [5.74, 6) is -0.878. The van der Waals surface area contributed by atoms with Crippen molar-refractivity contribution in [3.63, 3.8) is 0 Å². The van der Waals surface area contributed by atoms with E-state index < -0.39 is 25.1 Å². The molecule has 1 aromatic carbocycles. The van der Waals surface area contributed by atoms with E-state index in [9.17, 15) is 4.39 Å². The number of aryl methyl sites for hydroxylation is 2. The fourth-order valence-corrected chi connectivity index (χ4v) is 3.66. The van der Waals surface area contributed by atoms with Gasteiger partial charge in [-0.3, -0.25) is 4.98 Å². The van der Waals surface area contributed by atoms with Crippen LogP contribution >= 0.6 is 11.3 Å². The average Bonchev–Trinajstić information content (AvgIpc) is 2.98. The summed E-state index contributed by atoms with van der Waals surface area (Å²) in [4.78, 5) is 8.91. The highest BCUT2D eigenvalue weighted by Crippen LogP contribution is 2.38. The summed E-state index contributed by atoms with van der Waals surface area (Å²) in [6.07, 6.45) is 0.911. The number of pyridine rings is 2. The Morgan fingerprint density at radius 2 is 2.09 bits per heavy atom. The van der Waals surface area contributed by atoms with Gasteiger partial charge in [0.25, 0.3) is 0 Å². The highest BCUT2D eigenvalue weighted by Gasteiger charge is 2.12. The second-order valence-corrected chi connectivity index (χ2v) is 5.88. The van der Waals surface area contributed by atoms with E-state index in [0.717, 1.165) is 21.7 Å². The third-order valence-corrected chi connectivity index (χ3v) is 4.64. The minimum Gasteiger partial charge on any atom is -0.253 e. The highest BCUT2D eigenvalue weighted by molar-refractivity contribution is 7.26. The third-order valence-electron chi connectivity index (χ3n) is 3.50. The number of thiophene rings is 1. The van der Waals surface area contributed by atoms with Crippen molar-refractivity contribution in [2.45, 2.75) is 13.7 Å². The van der Waals surface area contributed by atoms with Crippen LogP contribution in [0.15, 0.2) is 42.6 Å². The van der Waals surface area contributed by atoms with Gasteiger partial charge in [-0.25, -0.2) is 9.37 Å². The smallest absolute Gasteiger partial charge is 0.144 e. The topological polar surface area (TPSA) is 25.8 Å². The Hall–Kier alpha value is -2.33.